The predicted molar refractivity (Wildman–Crippen MR) is 244 cm³/mol. The van der Waals surface area contributed by atoms with Gasteiger partial charge in [0.05, 0.1) is 6.10 Å². The second-order valence-corrected chi connectivity index (χ2v) is 14.4. The molecule has 0 bridgehead atoms. The lowest BCUT2D eigenvalue weighted by Gasteiger charge is -2.18. The van der Waals surface area contributed by atoms with E-state index in [0.717, 1.165) is 56.4 Å². The molecule has 3 aromatic rings. The van der Waals surface area contributed by atoms with E-state index in [2.05, 4.69) is 124 Å². The third-order valence-corrected chi connectivity index (χ3v) is 10.1. The average Bonchev–Trinajstić information content (AvgIpc) is 3.18. The fourth-order valence-electron chi connectivity index (χ4n) is 5.90. The zero-order valence-corrected chi connectivity index (χ0v) is 37.5. The van der Waals surface area contributed by atoms with Crippen molar-refractivity contribution in [1.29, 1.82) is 0 Å². The van der Waals surface area contributed by atoms with Crippen molar-refractivity contribution in [2.75, 3.05) is 14.1 Å². The number of hydrogen-bond acceptors (Lipinski definition) is 3. The number of benzene rings is 3. The van der Waals surface area contributed by atoms with Crippen molar-refractivity contribution in [2.45, 2.75) is 154 Å². The van der Waals surface area contributed by atoms with Gasteiger partial charge in [0.25, 0.3) is 0 Å². The zero-order chi connectivity index (χ0) is 41.2. The fraction of sp³-hybridized carbons (Fsp3) is 0.490. The smallest absolute Gasteiger partial charge is 0.0589 e. The van der Waals surface area contributed by atoms with Crippen LogP contribution in [0.3, 0.4) is 0 Å². The van der Waals surface area contributed by atoms with Gasteiger partial charge >= 0.3 is 0 Å². The van der Waals surface area contributed by atoms with Crippen LogP contribution in [0.15, 0.2) is 116 Å². The van der Waals surface area contributed by atoms with Crippen molar-refractivity contribution in [2.24, 2.45) is 9.98 Å². The molecular formula is C51H78N2O. The van der Waals surface area contributed by atoms with Crippen molar-refractivity contribution in [3.05, 3.63) is 140 Å². The molecule has 0 saturated carbocycles. The largest absolute Gasteiger partial charge is 0.393 e. The van der Waals surface area contributed by atoms with E-state index >= 15 is 0 Å². The maximum atomic E-state index is 9.08. The highest BCUT2D eigenvalue weighted by atomic mass is 16.3. The minimum absolute atomic E-state index is 0.200. The van der Waals surface area contributed by atoms with Crippen LogP contribution in [0, 0.1) is 0 Å². The molecule has 298 valence electrons. The third kappa shape index (κ3) is 19.0. The average molecular weight is 735 g/mol. The summed E-state index contributed by atoms with van der Waals surface area (Å²) in [6.07, 6.45) is 8.26. The van der Waals surface area contributed by atoms with Crippen molar-refractivity contribution in [3.8, 4) is 0 Å². The molecule has 3 aliphatic carbocycles. The highest BCUT2D eigenvalue weighted by molar-refractivity contribution is 5.82. The molecule has 0 aromatic heterocycles. The van der Waals surface area contributed by atoms with E-state index in [1.807, 2.05) is 55.4 Å². The number of fused-ring (bicyclic) bond motifs is 3. The summed E-state index contributed by atoms with van der Waals surface area (Å²) in [7, 11) is 3.53. The quantitative estimate of drug-likeness (QED) is 0.211. The number of rotatable bonds is 3. The van der Waals surface area contributed by atoms with Crippen LogP contribution in [-0.2, 0) is 38.5 Å². The van der Waals surface area contributed by atoms with Crippen molar-refractivity contribution >= 4 is 11.4 Å². The van der Waals surface area contributed by atoms with Gasteiger partial charge in [0.1, 0.15) is 0 Å². The lowest BCUT2D eigenvalue weighted by molar-refractivity contribution is 0.178. The Morgan fingerprint density at radius 2 is 0.685 bits per heavy atom. The molecule has 0 fully saturated rings. The first-order chi connectivity index (χ1) is 25.8. The predicted octanol–water partition coefficient (Wildman–Crippen LogP) is 13.8. The number of aliphatic hydroxyl groups excluding tert-OH is 1. The van der Waals surface area contributed by atoms with E-state index in [9.17, 15) is 0 Å². The maximum absolute atomic E-state index is 9.08. The van der Waals surface area contributed by atoms with Gasteiger partial charge in [-0.2, -0.15) is 0 Å². The normalized spacial score (nSPS) is 14.3. The minimum Gasteiger partial charge on any atom is -0.393 e. The molecule has 3 nitrogen and oxygen atoms in total. The summed E-state index contributed by atoms with van der Waals surface area (Å²) in [5.41, 5.74) is 20.5. The summed E-state index contributed by atoms with van der Waals surface area (Å²) < 4.78 is 0. The van der Waals surface area contributed by atoms with Crippen LogP contribution in [0.4, 0.5) is 0 Å². The fourth-order valence-corrected chi connectivity index (χ4v) is 5.90. The molecule has 3 heteroatoms. The van der Waals surface area contributed by atoms with Crippen LogP contribution in [0.25, 0.3) is 0 Å². The van der Waals surface area contributed by atoms with Gasteiger partial charge in [0, 0.05) is 31.9 Å². The first-order valence-corrected chi connectivity index (χ1v) is 20.5. The van der Waals surface area contributed by atoms with E-state index in [1.54, 1.807) is 47.5 Å². The number of hydrogen-bond donors (Lipinski definition) is 1. The summed E-state index contributed by atoms with van der Waals surface area (Å²) in [4.78, 5) is 7.74. The number of nitrogens with zero attached hydrogens (tertiary/aromatic N) is 2. The van der Waals surface area contributed by atoms with Gasteiger partial charge < -0.3 is 5.11 Å². The molecule has 0 spiro atoms. The van der Waals surface area contributed by atoms with Crippen LogP contribution in [0.5, 0.6) is 0 Å². The van der Waals surface area contributed by atoms with Crippen LogP contribution in [0.2, 0.25) is 0 Å². The van der Waals surface area contributed by atoms with Crippen LogP contribution in [-0.4, -0.2) is 36.7 Å². The molecule has 3 aliphatic rings. The van der Waals surface area contributed by atoms with Gasteiger partial charge in [0.2, 0.25) is 0 Å². The third-order valence-electron chi connectivity index (χ3n) is 10.1. The maximum Gasteiger partial charge on any atom is 0.0589 e. The van der Waals surface area contributed by atoms with Gasteiger partial charge in [-0.05, 0) is 141 Å². The Morgan fingerprint density at radius 3 is 0.833 bits per heavy atom. The first kappa shape index (κ1) is 50.2. The minimum atomic E-state index is -0.200. The summed E-state index contributed by atoms with van der Waals surface area (Å²) in [6, 6.07) is 26.2. The molecule has 0 heterocycles. The Morgan fingerprint density at radius 1 is 0.481 bits per heavy atom. The van der Waals surface area contributed by atoms with Crippen LogP contribution < -0.4 is 0 Å². The summed E-state index contributed by atoms with van der Waals surface area (Å²) in [5, 5.41) is 9.08. The lowest BCUT2D eigenvalue weighted by Crippen LogP contribution is -2.09. The van der Waals surface area contributed by atoms with Gasteiger partial charge in [0.15, 0.2) is 0 Å². The van der Waals surface area contributed by atoms with Gasteiger partial charge in [-0.1, -0.05) is 141 Å². The molecular weight excluding hydrogens is 657 g/mol. The molecule has 6 rings (SSSR count). The van der Waals surface area contributed by atoms with Crippen LogP contribution >= 0.6 is 0 Å². The van der Waals surface area contributed by atoms with E-state index in [1.165, 1.54) is 33.4 Å². The van der Waals surface area contributed by atoms with E-state index in [4.69, 9.17) is 5.11 Å². The molecule has 54 heavy (non-hydrogen) atoms. The molecule has 0 amide bonds. The molecule has 1 N–H and O–H groups in total. The monoisotopic (exact) mass is 735 g/mol. The van der Waals surface area contributed by atoms with E-state index < -0.39 is 0 Å². The highest BCUT2D eigenvalue weighted by Crippen LogP contribution is 2.27. The molecule has 0 saturated heterocycles. The Balaban J connectivity index is 0.000000650. The Bertz CT molecular complexity index is 1410. The van der Waals surface area contributed by atoms with Gasteiger partial charge in [-0.15, -0.1) is 0 Å². The highest BCUT2D eigenvalue weighted by Gasteiger charge is 2.12. The zero-order valence-electron chi connectivity index (χ0n) is 37.5. The Hall–Kier alpha value is -3.82. The van der Waals surface area contributed by atoms with E-state index in [0.29, 0.717) is 6.42 Å². The summed E-state index contributed by atoms with van der Waals surface area (Å²) in [5.74, 6) is 0. The number of aliphatic hydroxyl groups is 1. The molecule has 1 unspecified atom stereocenters. The summed E-state index contributed by atoms with van der Waals surface area (Å²) >= 11 is 0. The second kappa shape index (κ2) is 28.6. The lowest BCUT2D eigenvalue weighted by atomic mass is 9.88. The van der Waals surface area contributed by atoms with E-state index in [-0.39, 0.29) is 6.10 Å². The molecule has 1 atom stereocenters. The first-order valence-electron chi connectivity index (χ1n) is 20.5. The molecule has 0 radical (unpaired) electrons. The van der Waals surface area contributed by atoms with Crippen molar-refractivity contribution in [3.63, 3.8) is 0 Å². The van der Waals surface area contributed by atoms with Crippen molar-refractivity contribution in [1.82, 2.24) is 0 Å². The van der Waals surface area contributed by atoms with Crippen LogP contribution in [0.1, 0.15) is 143 Å². The molecule has 3 aromatic carbocycles. The topological polar surface area (TPSA) is 45.0 Å². The standard InChI is InChI=1S/3C12H14.C7H15NO.C4H9N.2C2H6/c3*1-9-7-11-5-3-4-6-12(11)8-10(9)2;1-4-7(9)5-6(2)8-3;1-4(2)5-3;2*1-2/h3*3-6H,7-8H2,1-2H3;7,9H,4-5H2,1-3H3;1-3H3;2*1-2H3. The van der Waals surface area contributed by atoms with Crippen molar-refractivity contribution < 1.29 is 5.11 Å². The summed E-state index contributed by atoms with van der Waals surface area (Å²) in [6.45, 7) is 29.3. The Kier molecular flexibility index (Phi) is 26.6. The van der Waals surface area contributed by atoms with Gasteiger partial charge in [-0.3, -0.25) is 9.98 Å². The Labute approximate surface area is 333 Å². The molecule has 0 aliphatic heterocycles. The van der Waals surface area contributed by atoms with Gasteiger partial charge in [-0.25, -0.2) is 0 Å². The SMILES string of the molecule is CC.CC.CC1=C(C)Cc2ccccc2C1.CC1=C(C)Cc2ccccc2C1.CC1=C(C)Cc2ccccc2C1.CCC(O)CC(C)=NC.CN=C(C)C. The number of aliphatic imine (C=N–C) groups is 2. The second-order valence-electron chi connectivity index (χ2n) is 14.4. The number of allylic oxidation sites excluding steroid dienone is 6.